The first kappa shape index (κ1) is 21.8. The van der Waals surface area contributed by atoms with Gasteiger partial charge in [0.15, 0.2) is 0 Å². The van der Waals surface area contributed by atoms with Crippen LogP contribution in [-0.2, 0) is 0 Å². The highest BCUT2D eigenvalue weighted by Crippen LogP contribution is 2.18. The SMILES string of the molecule is c1ccc2nn(-c3ccc(OCCCCOc4ccc(-n5nc6ccccc6n5)cc4)cc3)nc2c1. The summed E-state index contributed by atoms with van der Waals surface area (Å²) in [5, 5.41) is 18.0. The predicted octanol–water partition coefficient (Wildman–Crippen LogP) is 5.39. The molecule has 0 aliphatic heterocycles. The number of ether oxygens (including phenoxy) is 2. The van der Waals surface area contributed by atoms with E-state index in [-0.39, 0.29) is 0 Å². The van der Waals surface area contributed by atoms with Gasteiger partial charge in [0.1, 0.15) is 33.6 Å². The molecule has 6 rings (SSSR count). The third-order valence-corrected chi connectivity index (χ3v) is 5.78. The lowest BCUT2D eigenvalue weighted by molar-refractivity contribution is 0.266. The maximum Gasteiger partial charge on any atom is 0.119 e. The summed E-state index contributed by atoms with van der Waals surface area (Å²) in [4.78, 5) is 3.29. The summed E-state index contributed by atoms with van der Waals surface area (Å²) >= 11 is 0. The van der Waals surface area contributed by atoms with E-state index in [4.69, 9.17) is 9.47 Å². The highest BCUT2D eigenvalue weighted by molar-refractivity contribution is 5.74. The first-order valence-corrected chi connectivity index (χ1v) is 11.9. The summed E-state index contributed by atoms with van der Waals surface area (Å²) in [7, 11) is 0. The first-order chi connectivity index (χ1) is 17.8. The Kier molecular flexibility index (Phi) is 5.98. The number of hydrogen-bond donors (Lipinski definition) is 0. The van der Waals surface area contributed by atoms with Gasteiger partial charge >= 0.3 is 0 Å². The lowest BCUT2D eigenvalue weighted by Gasteiger charge is -2.09. The van der Waals surface area contributed by atoms with E-state index in [0.717, 1.165) is 57.8 Å². The molecule has 2 heterocycles. The summed E-state index contributed by atoms with van der Waals surface area (Å²) in [6.07, 6.45) is 1.80. The molecule has 0 fully saturated rings. The second-order valence-corrected chi connectivity index (χ2v) is 8.35. The van der Waals surface area contributed by atoms with Gasteiger partial charge in [0.25, 0.3) is 0 Å². The second kappa shape index (κ2) is 9.87. The maximum atomic E-state index is 5.88. The number of nitrogens with zero attached hydrogens (tertiary/aromatic N) is 6. The molecule has 0 bridgehead atoms. The van der Waals surface area contributed by atoms with Crippen molar-refractivity contribution in [1.82, 2.24) is 30.0 Å². The molecule has 0 saturated carbocycles. The molecule has 0 radical (unpaired) electrons. The second-order valence-electron chi connectivity index (χ2n) is 8.35. The number of aromatic nitrogens is 6. The minimum Gasteiger partial charge on any atom is -0.494 e. The van der Waals surface area contributed by atoms with Gasteiger partial charge in [-0.3, -0.25) is 0 Å². The Labute approximate surface area is 207 Å². The van der Waals surface area contributed by atoms with Crippen molar-refractivity contribution in [2.24, 2.45) is 0 Å². The van der Waals surface area contributed by atoms with E-state index in [9.17, 15) is 0 Å². The van der Waals surface area contributed by atoms with Crippen LogP contribution >= 0.6 is 0 Å². The zero-order valence-electron chi connectivity index (χ0n) is 19.6. The summed E-state index contributed by atoms with van der Waals surface area (Å²) < 4.78 is 11.8. The fraction of sp³-hybridized carbons (Fsp3) is 0.143. The minimum atomic E-state index is 0.629. The molecule has 0 saturated heterocycles. The average Bonchev–Trinajstić information content (AvgIpc) is 3.56. The van der Waals surface area contributed by atoms with E-state index >= 15 is 0 Å². The Bertz CT molecular complexity index is 1400. The Balaban J connectivity index is 0.941. The van der Waals surface area contributed by atoms with Crippen LogP contribution < -0.4 is 9.47 Å². The van der Waals surface area contributed by atoms with Crippen molar-refractivity contribution in [3.8, 4) is 22.9 Å². The van der Waals surface area contributed by atoms with E-state index in [1.807, 2.05) is 97.1 Å². The fourth-order valence-electron chi connectivity index (χ4n) is 3.89. The van der Waals surface area contributed by atoms with Crippen LogP contribution in [0.1, 0.15) is 12.8 Å². The van der Waals surface area contributed by atoms with Crippen molar-refractivity contribution in [2.45, 2.75) is 12.8 Å². The first-order valence-electron chi connectivity index (χ1n) is 11.9. The maximum absolute atomic E-state index is 5.88. The van der Waals surface area contributed by atoms with Crippen molar-refractivity contribution in [2.75, 3.05) is 13.2 Å². The van der Waals surface area contributed by atoms with Crippen LogP contribution in [0.4, 0.5) is 0 Å². The Morgan fingerprint density at radius 1 is 0.444 bits per heavy atom. The van der Waals surface area contributed by atoms with E-state index < -0.39 is 0 Å². The van der Waals surface area contributed by atoms with Crippen molar-refractivity contribution in [1.29, 1.82) is 0 Å². The van der Waals surface area contributed by atoms with Crippen molar-refractivity contribution in [3.63, 3.8) is 0 Å². The van der Waals surface area contributed by atoms with Gasteiger partial charge < -0.3 is 9.47 Å². The van der Waals surface area contributed by atoms with Gasteiger partial charge in [-0.2, -0.15) is 9.59 Å². The van der Waals surface area contributed by atoms with Crippen LogP contribution in [0, 0.1) is 0 Å². The molecule has 2 aromatic heterocycles. The molecule has 8 nitrogen and oxygen atoms in total. The van der Waals surface area contributed by atoms with Crippen molar-refractivity contribution >= 4 is 22.1 Å². The monoisotopic (exact) mass is 476 g/mol. The Hall–Kier alpha value is -4.72. The van der Waals surface area contributed by atoms with Gasteiger partial charge in [0, 0.05) is 0 Å². The summed E-state index contributed by atoms with van der Waals surface area (Å²) in [5.41, 5.74) is 5.29. The molecule has 178 valence electrons. The smallest absolute Gasteiger partial charge is 0.119 e. The molecule has 0 atom stereocenters. The standard InChI is InChI=1S/C28H24N6O2/c1-2-8-26-25(7-1)29-33(30-26)21-11-15-23(16-12-21)35-19-5-6-20-36-24-17-13-22(14-18-24)34-31-27-9-3-4-10-28(27)32-34/h1-4,7-18H,5-6,19-20H2. The Morgan fingerprint density at radius 3 is 1.11 bits per heavy atom. The zero-order valence-corrected chi connectivity index (χ0v) is 19.6. The number of unbranched alkanes of at least 4 members (excludes halogenated alkanes) is 1. The summed E-state index contributed by atoms with van der Waals surface area (Å²) in [6, 6.07) is 31.3. The molecule has 4 aromatic carbocycles. The molecule has 36 heavy (non-hydrogen) atoms. The van der Waals surface area contributed by atoms with Crippen LogP contribution in [0.15, 0.2) is 97.1 Å². The number of fused-ring (bicyclic) bond motifs is 2. The highest BCUT2D eigenvalue weighted by atomic mass is 16.5. The number of rotatable bonds is 9. The van der Waals surface area contributed by atoms with Gasteiger partial charge in [-0.15, -0.1) is 20.4 Å². The van der Waals surface area contributed by atoms with Gasteiger partial charge in [0.05, 0.1) is 24.6 Å². The quantitative estimate of drug-likeness (QED) is 0.260. The lowest BCUT2D eigenvalue weighted by atomic mass is 10.3. The average molecular weight is 477 g/mol. The molecule has 0 aliphatic carbocycles. The van der Waals surface area contributed by atoms with E-state index in [1.54, 1.807) is 9.59 Å². The summed E-state index contributed by atoms with van der Waals surface area (Å²) in [6.45, 7) is 1.26. The van der Waals surface area contributed by atoms with Crippen molar-refractivity contribution < 1.29 is 9.47 Å². The normalized spacial score (nSPS) is 11.2. The topological polar surface area (TPSA) is 79.9 Å². The fourth-order valence-corrected chi connectivity index (χ4v) is 3.89. The van der Waals surface area contributed by atoms with E-state index in [2.05, 4.69) is 20.4 Å². The zero-order chi connectivity index (χ0) is 24.2. The molecule has 0 aliphatic rings. The largest absolute Gasteiger partial charge is 0.494 e. The van der Waals surface area contributed by atoms with Crippen LogP contribution in [0.25, 0.3) is 33.4 Å². The predicted molar refractivity (Wildman–Crippen MR) is 138 cm³/mol. The van der Waals surface area contributed by atoms with E-state index in [0.29, 0.717) is 13.2 Å². The van der Waals surface area contributed by atoms with E-state index in [1.165, 1.54) is 0 Å². The number of benzene rings is 4. The van der Waals surface area contributed by atoms with Gasteiger partial charge in [-0.25, -0.2) is 0 Å². The molecular weight excluding hydrogens is 452 g/mol. The van der Waals surface area contributed by atoms with Crippen LogP contribution in [0.2, 0.25) is 0 Å². The third kappa shape index (κ3) is 4.74. The van der Waals surface area contributed by atoms with Crippen LogP contribution in [0.5, 0.6) is 11.5 Å². The molecule has 6 aromatic rings. The van der Waals surface area contributed by atoms with Crippen LogP contribution in [-0.4, -0.2) is 43.2 Å². The highest BCUT2D eigenvalue weighted by Gasteiger charge is 2.06. The minimum absolute atomic E-state index is 0.629. The molecule has 0 amide bonds. The molecule has 8 heteroatoms. The molecular formula is C28H24N6O2. The van der Waals surface area contributed by atoms with Crippen LogP contribution in [0.3, 0.4) is 0 Å². The van der Waals surface area contributed by atoms with Gasteiger partial charge in [0.2, 0.25) is 0 Å². The summed E-state index contributed by atoms with van der Waals surface area (Å²) in [5.74, 6) is 1.65. The molecule has 0 spiro atoms. The lowest BCUT2D eigenvalue weighted by Crippen LogP contribution is -2.03. The van der Waals surface area contributed by atoms with Gasteiger partial charge in [-0.05, 0) is 85.6 Å². The number of hydrogen-bond acceptors (Lipinski definition) is 6. The molecule has 0 unspecified atom stereocenters. The molecule has 0 N–H and O–H groups in total. The Morgan fingerprint density at radius 2 is 0.778 bits per heavy atom. The third-order valence-electron chi connectivity index (χ3n) is 5.78. The van der Waals surface area contributed by atoms with Crippen molar-refractivity contribution in [3.05, 3.63) is 97.1 Å². The van der Waals surface area contributed by atoms with Gasteiger partial charge in [-0.1, -0.05) is 24.3 Å².